The van der Waals surface area contributed by atoms with E-state index in [-0.39, 0.29) is 18.3 Å². The zero-order chi connectivity index (χ0) is 11.7. The fraction of sp³-hybridized carbons (Fsp3) is 0.923. The van der Waals surface area contributed by atoms with Crippen LogP contribution < -0.4 is 10.6 Å². The van der Waals surface area contributed by atoms with Gasteiger partial charge in [0.15, 0.2) is 0 Å². The number of halogens is 1. The first-order valence-corrected chi connectivity index (χ1v) is 6.97. The van der Waals surface area contributed by atoms with Gasteiger partial charge >= 0.3 is 0 Å². The summed E-state index contributed by atoms with van der Waals surface area (Å²) in [5.74, 6) is 0.926. The summed E-state index contributed by atoms with van der Waals surface area (Å²) >= 11 is 0. The average molecular weight is 275 g/mol. The summed E-state index contributed by atoms with van der Waals surface area (Å²) < 4.78 is 5.74. The van der Waals surface area contributed by atoms with E-state index in [1.165, 1.54) is 12.8 Å². The Kier molecular flexibility index (Phi) is 4.87. The van der Waals surface area contributed by atoms with E-state index in [9.17, 15) is 4.79 Å². The summed E-state index contributed by atoms with van der Waals surface area (Å²) in [5, 5.41) is 6.49. The normalized spacial score (nSPS) is 37.6. The summed E-state index contributed by atoms with van der Waals surface area (Å²) in [7, 11) is 0. The van der Waals surface area contributed by atoms with Crippen molar-refractivity contribution in [1.82, 2.24) is 10.6 Å². The van der Waals surface area contributed by atoms with E-state index < -0.39 is 0 Å². The van der Waals surface area contributed by atoms with Crippen LogP contribution >= 0.6 is 12.4 Å². The monoisotopic (exact) mass is 274 g/mol. The Morgan fingerprint density at radius 1 is 1.33 bits per heavy atom. The van der Waals surface area contributed by atoms with Crippen molar-refractivity contribution in [3.05, 3.63) is 0 Å². The van der Waals surface area contributed by atoms with E-state index >= 15 is 0 Å². The number of fused-ring (bicyclic) bond motifs is 2. The summed E-state index contributed by atoms with van der Waals surface area (Å²) in [6, 6.07) is 0.294. The van der Waals surface area contributed by atoms with Crippen molar-refractivity contribution in [2.75, 3.05) is 13.1 Å². The molecule has 1 amide bonds. The molecule has 0 aliphatic carbocycles. The van der Waals surface area contributed by atoms with Gasteiger partial charge in [-0.2, -0.15) is 0 Å². The molecule has 3 heterocycles. The smallest absolute Gasteiger partial charge is 0.220 e. The van der Waals surface area contributed by atoms with Crippen LogP contribution in [0.4, 0.5) is 0 Å². The second-order valence-corrected chi connectivity index (χ2v) is 5.68. The van der Waals surface area contributed by atoms with Crippen molar-refractivity contribution < 1.29 is 9.53 Å². The number of hydrogen-bond acceptors (Lipinski definition) is 3. The van der Waals surface area contributed by atoms with Gasteiger partial charge in [-0.25, -0.2) is 0 Å². The van der Waals surface area contributed by atoms with Gasteiger partial charge in [0, 0.05) is 6.42 Å². The standard InChI is InChI=1S/C13H22N2O2.ClH/c16-13(4-1-9-5-6-14-8-9)15-11-7-10-2-3-12(11)17-10;/h9-12,14H,1-8H2,(H,15,16);1H/t9?,10-,11-,12+;/m1./s1. The maximum Gasteiger partial charge on any atom is 0.220 e. The number of carbonyl (C=O) groups excluding carboxylic acids is 1. The number of ether oxygens (including phenoxy) is 1. The molecule has 3 aliphatic rings. The van der Waals surface area contributed by atoms with E-state index in [1.807, 2.05) is 0 Å². The summed E-state index contributed by atoms with van der Waals surface area (Å²) in [4.78, 5) is 11.8. The molecular formula is C13H23ClN2O2. The lowest BCUT2D eigenvalue weighted by Crippen LogP contribution is -2.41. The first-order chi connectivity index (χ1) is 8.31. The molecule has 3 rings (SSSR count). The molecule has 4 nitrogen and oxygen atoms in total. The van der Waals surface area contributed by atoms with Gasteiger partial charge in [0.1, 0.15) is 0 Å². The predicted octanol–water partition coefficient (Wildman–Crippen LogP) is 1.23. The molecular weight excluding hydrogens is 252 g/mol. The topological polar surface area (TPSA) is 50.4 Å². The SMILES string of the molecule is Cl.O=C(CCC1CCNC1)N[C@@H]1C[C@H]2CC[C@@H]1O2. The van der Waals surface area contributed by atoms with E-state index in [1.54, 1.807) is 0 Å². The largest absolute Gasteiger partial charge is 0.373 e. The Morgan fingerprint density at radius 3 is 2.83 bits per heavy atom. The van der Waals surface area contributed by atoms with Crippen molar-refractivity contribution >= 4 is 18.3 Å². The minimum atomic E-state index is 0. The van der Waals surface area contributed by atoms with Crippen LogP contribution in [-0.4, -0.2) is 37.2 Å². The van der Waals surface area contributed by atoms with Crippen molar-refractivity contribution in [2.45, 2.75) is 56.8 Å². The van der Waals surface area contributed by atoms with Crippen LogP contribution in [0.15, 0.2) is 0 Å². The molecule has 5 heteroatoms. The Bertz CT molecular complexity index is 295. The fourth-order valence-electron chi connectivity index (χ4n) is 3.36. The van der Waals surface area contributed by atoms with Gasteiger partial charge < -0.3 is 15.4 Å². The summed E-state index contributed by atoms with van der Waals surface area (Å²) in [6.45, 7) is 2.21. The zero-order valence-corrected chi connectivity index (χ0v) is 11.5. The second kappa shape index (κ2) is 6.22. The Labute approximate surface area is 115 Å². The highest BCUT2D eigenvalue weighted by Gasteiger charge is 2.41. The lowest BCUT2D eigenvalue weighted by atomic mass is 9.95. The quantitative estimate of drug-likeness (QED) is 0.811. The van der Waals surface area contributed by atoms with Gasteiger partial charge in [0.05, 0.1) is 18.2 Å². The number of amides is 1. The zero-order valence-electron chi connectivity index (χ0n) is 10.7. The first-order valence-electron chi connectivity index (χ1n) is 6.97. The fourth-order valence-corrected chi connectivity index (χ4v) is 3.36. The van der Waals surface area contributed by atoms with Crippen LogP contribution in [0.2, 0.25) is 0 Å². The van der Waals surface area contributed by atoms with Gasteiger partial charge in [-0.1, -0.05) is 0 Å². The maximum atomic E-state index is 11.8. The third-order valence-corrected chi connectivity index (χ3v) is 4.39. The molecule has 1 unspecified atom stereocenters. The van der Waals surface area contributed by atoms with Crippen molar-refractivity contribution in [1.29, 1.82) is 0 Å². The highest BCUT2D eigenvalue weighted by molar-refractivity contribution is 5.85. The molecule has 3 fully saturated rings. The third-order valence-electron chi connectivity index (χ3n) is 4.39. The van der Waals surface area contributed by atoms with Crippen LogP contribution in [0, 0.1) is 5.92 Å². The van der Waals surface area contributed by atoms with Gasteiger partial charge in [-0.05, 0) is 51.1 Å². The molecule has 2 bridgehead atoms. The number of hydrogen-bond donors (Lipinski definition) is 2. The molecule has 2 N–H and O–H groups in total. The third kappa shape index (κ3) is 3.16. The van der Waals surface area contributed by atoms with Crippen molar-refractivity contribution in [3.63, 3.8) is 0 Å². The van der Waals surface area contributed by atoms with Crippen molar-refractivity contribution in [2.24, 2.45) is 5.92 Å². The molecule has 0 aromatic carbocycles. The van der Waals surface area contributed by atoms with Crippen LogP contribution in [0.25, 0.3) is 0 Å². The van der Waals surface area contributed by atoms with E-state index in [0.717, 1.165) is 32.4 Å². The Morgan fingerprint density at radius 2 is 2.22 bits per heavy atom. The van der Waals surface area contributed by atoms with Gasteiger partial charge in [-0.3, -0.25) is 4.79 Å². The van der Waals surface area contributed by atoms with Gasteiger partial charge in [-0.15, -0.1) is 12.4 Å². The molecule has 0 aromatic heterocycles. The summed E-state index contributed by atoms with van der Waals surface area (Å²) in [6.07, 6.45) is 7.00. The summed E-state index contributed by atoms with van der Waals surface area (Å²) in [5.41, 5.74) is 0. The lowest BCUT2D eigenvalue weighted by molar-refractivity contribution is -0.122. The molecule has 0 aromatic rings. The Balaban J connectivity index is 0.00000120. The second-order valence-electron chi connectivity index (χ2n) is 5.68. The molecule has 3 saturated heterocycles. The van der Waals surface area contributed by atoms with Crippen LogP contribution in [0.3, 0.4) is 0 Å². The number of rotatable bonds is 4. The molecule has 4 atom stereocenters. The van der Waals surface area contributed by atoms with E-state index in [0.29, 0.717) is 30.6 Å². The highest BCUT2D eigenvalue weighted by Crippen LogP contribution is 2.34. The van der Waals surface area contributed by atoms with Crippen LogP contribution in [-0.2, 0) is 9.53 Å². The predicted molar refractivity (Wildman–Crippen MR) is 71.9 cm³/mol. The minimum Gasteiger partial charge on any atom is -0.373 e. The molecule has 18 heavy (non-hydrogen) atoms. The highest BCUT2D eigenvalue weighted by atomic mass is 35.5. The number of nitrogens with one attached hydrogen (secondary N) is 2. The van der Waals surface area contributed by atoms with Gasteiger partial charge in [0.2, 0.25) is 5.91 Å². The molecule has 0 radical (unpaired) electrons. The van der Waals surface area contributed by atoms with E-state index in [2.05, 4.69) is 10.6 Å². The lowest BCUT2D eigenvalue weighted by Gasteiger charge is -2.20. The molecule has 3 aliphatic heterocycles. The minimum absolute atomic E-state index is 0. The number of carbonyl (C=O) groups is 1. The van der Waals surface area contributed by atoms with Crippen molar-refractivity contribution in [3.8, 4) is 0 Å². The first kappa shape index (κ1) is 14.1. The molecule has 0 saturated carbocycles. The maximum absolute atomic E-state index is 11.8. The average Bonchev–Trinajstić information content (AvgIpc) is 3.03. The Hall–Kier alpha value is -0.320. The van der Waals surface area contributed by atoms with Crippen LogP contribution in [0.1, 0.15) is 38.5 Å². The molecule has 104 valence electrons. The molecule has 0 spiro atoms. The van der Waals surface area contributed by atoms with Crippen LogP contribution in [0.5, 0.6) is 0 Å². The van der Waals surface area contributed by atoms with E-state index in [4.69, 9.17) is 4.74 Å². The van der Waals surface area contributed by atoms with Gasteiger partial charge in [0.25, 0.3) is 0 Å².